The molecule has 0 aliphatic carbocycles. The van der Waals surface area contributed by atoms with Gasteiger partial charge >= 0.3 is 0 Å². The van der Waals surface area contributed by atoms with Crippen molar-refractivity contribution in [3.63, 3.8) is 0 Å². The molecule has 0 unspecified atom stereocenters. The third-order valence-corrected chi connectivity index (χ3v) is 5.73. The van der Waals surface area contributed by atoms with Gasteiger partial charge in [0.15, 0.2) is 5.82 Å². The summed E-state index contributed by atoms with van der Waals surface area (Å²) in [5.74, 6) is 0.386. The number of thiophene rings is 1. The standard InChI is InChI=1S/C16H14IN3OS/c1-9-4-3-5-11(15(9)17)16(21)18-14-8-12(19-20-14)13-7-6-10(2)22-13/h3-8H,1-2H3,(H2,18,19,20,21). The summed E-state index contributed by atoms with van der Waals surface area (Å²) < 4.78 is 0.960. The molecule has 2 N–H and O–H groups in total. The van der Waals surface area contributed by atoms with Crippen LogP contribution in [0.5, 0.6) is 0 Å². The Balaban J connectivity index is 1.80. The van der Waals surface area contributed by atoms with E-state index < -0.39 is 0 Å². The van der Waals surface area contributed by atoms with Gasteiger partial charge in [-0.3, -0.25) is 9.89 Å². The van der Waals surface area contributed by atoms with Gasteiger partial charge < -0.3 is 5.32 Å². The molecule has 3 aromatic rings. The van der Waals surface area contributed by atoms with Crippen LogP contribution in [0.3, 0.4) is 0 Å². The van der Waals surface area contributed by atoms with Crippen molar-refractivity contribution in [2.75, 3.05) is 5.32 Å². The van der Waals surface area contributed by atoms with Gasteiger partial charge in [-0.2, -0.15) is 5.10 Å². The van der Waals surface area contributed by atoms with Crippen molar-refractivity contribution in [1.82, 2.24) is 10.2 Å². The molecule has 0 saturated carbocycles. The predicted octanol–water partition coefficient (Wildman–Crippen LogP) is 4.61. The zero-order valence-corrected chi connectivity index (χ0v) is 15.1. The number of rotatable bonds is 3. The van der Waals surface area contributed by atoms with Crippen molar-refractivity contribution < 1.29 is 4.79 Å². The highest BCUT2D eigenvalue weighted by atomic mass is 127. The van der Waals surface area contributed by atoms with E-state index in [1.165, 1.54) is 4.88 Å². The van der Waals surface area contributed by atoms with Crippen LogP contribution in [0.25, 0.3) is 10.6 Å². The topological polar surface area (TPSA) is 57.8 Å². The monoisotopic (exact) mass is 423 g/mol. The first-order valence-electron chi connectivity index (χ1n) is 6.73. The lowest BCUT2D eigenvalue weighted by Gasteiger charge is -2.06. The number of aromatic nitrogens is 2. The first-order chi connectivity index (χ1) is 10.5. The number of hydrogen-bond acceptors (Lipinski definition) is 3. The summed E-state index contributed by atoms with van der Waals surface area (Å²) in [4.78, 5) is 14.7. The SMILES string of the molecule is Cc1ccc(-c2cc(NC(=O)c3cccc(C)c3I)n[nH]2)s1. The maximum Gasteiger partial charge on any atom is 0.257 e. The number of H-pyrrole nitrogens is 1. The Morgan fingerprint density at radius 3 is 2.82 bits per heavy atom. The normalized spacial score (nSPS) is 10.7. The van der Waals surface area contributed by atoms with Gasteiger partial charge in [-0.25, -0.2) is 0 Å². The second kappa shape index (κ2) is 6.21. The molecule has 6 heteroatoms. The number of nitrogens with one attached hydrogen (secondary N) is 2. The average molecular weight is 423 g/mol. The molecule has 0 radical (unpaired) electrons. The minimum absolute atomic E-state index is 0.145. The number of anilines is 1. The fourth-order valence-corrected chi connectivity index (χ4v) is 3.54. The van der Waals surface area contributed by atoms with Crippen LogP contribution in [0.4, 0.5) is 5.82 Å². The molecule has 0 aliphatic rings. The maximum atomic E-state index is 12.4. The summed E-state index contributed by atoms with van der Waals surface area (Å²) in [6.45, 7) is 4.05. The summed E-state index contributed by atoms with van der Waals surface area (Å²) in [5, 5.41) is 9.97. The second-order valence-corrected chi connectivity index (χ2v) is 7.33. The number of aryl methyl sites for hydroxylation is 2. The number of carbonyl (C=O) groups is 1. The van der Waals surface area contributed by atoms with Gasteiger partial charge in [0.1, 0.15) is 0 Å². The van der Waals surface area contributed by atoms with E-state index in [1.54, 1.807) is 11.3 Å². The summed E-state index contributed by atoms with van der Waals surface area (Å²) in [6, 6.07) is 11.7. The van der Waals surface area contributed by atoms with Crippen molar-refractivity contribution in [3.05, 3.63) is 56.0 Å². The van der Waals surface area contributed by atoms with Crippen LogP contribution in [-0.4, -0.2) is 16.1 Å². The number of hydrogen-bond donors (Lipinski definition) is 2. The van der Waals surface area contributed by atoms with E-state index in [9.17, 15) is 4.79 Å². The fourth-order valence-electron chi connectivity index (χ4n) is 2.10. The summed E-state index contributed by atoms with van der Waals surface area (Å²) in [5.41, 5.74) is 2.66. The van der Waals surface area contributed by atoms with Crippen LogP contribution >= 0.6 is 33.9 Å². The Labute approximate surface area is 146 Å². The van der Waals surface area contributed by atoms with Crippen LogP contribution in [-0.2, 0) is 0 Å². The molecule has 1 amide bonds. The van der Waals surface area contributed by atoms with Gasteiger partial charge in [0.05, 0.1) is 16.1 Å². The average Bonchev–Trinajstić information content (AvgIpc) is 3.10. The molecule has 22 heavy (non-hydrogen) atoms. The highest BCUT2D eigenvalue weighted by molar-refractivity contribution is 14.1. The molecule has 0 bridgehead atoms. The molecular weight excluding hydrogens is 409 g/mol. The Morgan fingerprint density at radius 1 is 1.27 bits per heavy atom. The third kappa shape index (κ3) is 3.07. The molecular formula is C16H14IN3OS. The molecule has 4 nitrogen and oxygen atoms in total. The quantitative estimate of drug-likeness (QED) is 0.605. The first-order valence-corrected chi connectivity index (χ1v) is 8.63. The summed E-state index contributed by atoms with van der Waals surface area (Å²) in [7, 11) is 0. The number of aromatic amines is 1. The highest BCUT2D eigenvalue weighted by Gasteiger charge is 2.13. The molecule has 112 valence electrons. The predicted molar refractivity (Wildman–Crippen MR) is 98.5 cm³/mol. The van der Waals surface area contributed by atoms with Crippen LogP contribution in [0.2, 0.25) is 0 Å². The van der Waals surface area contributed by atoms with Crippen molar-refractivity contribution in [3.8, 4) is 10.6 Å². The van der Waals surface area contributed by atoms with E-state index in [0.29, 0.717) is 11.4 Å². The van der Waals surface area contributed by atoms with Gasteiger partial charge in [-0.1, -0.05) is 12.1 Å². The summed E-state index contributed by atoms with van der Waals surface area (Å²) >= 11 is 3.88. The smallest absolute Gasteiger partial charge is 0.257 e. The Kier molecular flexibility index (Phi) is 4.30. The third-order valence-electron chi connectivity index (χ3n) is 3.26. The maximum absolute atomic E-state index is 12.4. The van der Waals surface area contributed by atoms with E-state index in [1.807, 2.05) is 37.3 Å². The molecule has 2 heterocycles. The lowest BCUT2D eigenvalue weighted by Crippen LogP contribution is -2.14. The highest BCUT2D eigenvalue weighted by Crippen LogP contribution is 2.27. The molecule has 2 aromatic heterocycles. The molecule has 1 aromatic carbocycles. The number of amides is 1. The van der Waals surface area contributed by atoms with E-state index in [2.05, 4.69) is 51.1 Å². The molecule has 0 spiro atoms. The van der Waals surface area contributed by atoms with Crippen LogP contribution in [0, 0.1) is 17.4 Å². The Bertz CT molecular complexity index is 838. The Hall–Kier alpha value is -1.67. The number of carbonyl (C=O) groups excluding carboxylic acids is 1. The lowest BCUT2D eigenvalue weighted by atomic mass is 10.1. The first kappa shape index (κ1) is 15.2. The van der Waals surface area contributed by atoms with Gasteiger partial charge in [0.2, 0.25) is 0 Å². The van der Waals surface area contributed by atoms with Gasteiger partial charge in [0, 0.05) is 14.5 Å². The number of halogens is 1. The molecule has 0 saturated heterocycles. The minimum atomic E-state index is -0.145. The molecule has 0 aliphatic heterocycles. The van der Waals surface area contributed by atoms with Crippen molar-refractivity contribution in [2.24, 2.45) is 0 Å². The number of benzene rings is 1. The van der Waals surface area contributed by atoms with Gasteiger partial charge in [0.25, 0.3) is 5.91 Å². The van der Waals surface area contributed by atoms with E-state index in [4.69, 9.17) is 0 Å². The lowest BCUT2D eigenvalue weighted by molar-refractivity contribution is 0.102. The zero-order valence-electron chi connectivity index (χ0n) is 12.1. The van der Waals surface area contributed by atoms with Gasteiger partial charge in [-0.15, -0.1) is 11.3 Å². The molecule has 3 rings (SSSR count). The van der Waals surface area contributed by atoms with Crippen LogP contribution in [0.15, 0.2) is 36.4 Å². The van der Waals surface area contributed by atoms with Crippen LogP contribution < -0.4 is 5.32 Å². The fraction of sp³-hybridized carbons (Fsp3) is 0.125. The largest absolute Gasteiger partial charge is 0.305 e. The molecule has 0 fully saturated rings. The van der Waals surface area contributed by atoms with Crippen LogP contribution in [0.1, 0.15) is 20.8 Å². The van der Waals surface area contributed by atoms with E-state index in [0.717, 1.165) is 19.7 Å². The Morgan fingerprint density at radius 2 is 2.09 bits per heavy atom. The van der Waals surface area contributed by atoms with E-state index in [-0.39, 0.29) is 5.91 Å². The van der Waals surface area contributed by atoms with Crippen molar-refractivity contribution in [1.29, 1.82) is 0 Å². The minimum Gasteiger partial charge on any atom is -0.305 e. The van der Waals surface area contributed by atoms with Crippen molar-refractivity contribution in [2.45, 2.75) is 13.8 Å². The number of nitrogens with zero attached hydrogens (tertiary/aromatic N) is 1. The van der Waals surface area contributed by atoms with E-state index >= 15 is 0 Å². The molecule has 0 atom stereocenters. The van der Waals surface area contributed by atoms with Gasteiger partial charge in [-0.05, 0) is 60.2 Å². The van der Waals surface area contributed by atoms with Crippen molar-refractivity contribution >= 4 is 45.7 Å². The summed E-state index contributed by atoms with van der Waals surface area (Å²) in [6.07, 6.45) is 0. The zero-order chi connectivity index (χ0) is 15.7. The second-order valence-electron chi connectivity index (χ2n) is 4.97.